The van der Waals surface area contributed by atoms with Gasteiger partial charge in [0.15, 0.2) is 0 Å². The van der Waals surface area contributed by atoms with Crippen molar-refractivity contribution in [2.45, 2.75) is 19.8 Å². The summed E-state index contributed by atoms with van der Waals surface area (Å²) >= 11 is 0. The van der Waals surface area contributed by atoms with Crippen LogP contribution < -0.4 is 0 Å². The Balaban J connectivity index is 1.86. The van der Waals surface area contributed by atoms with Gasteiger partial charge in [0.2, 0.25) is 6.41 Å². The number of carbonyl (C=O) groups excluding carboxylic acids is 3. The second-order valence-electron chi connectivity index (χ2n) is 5.41. The van der Waals surface area contributed by atoms with Crippen LogP contribution in [-0.2, 0) is 14.4 Å². The van der Waals surface area contributed by atoms with Crippen LogP contribution in [0.15, 0.2) is 0 Å². The molecule has 2 aliphatic rings. The van der Waals surface area contributed by atoms with Crippen LogP contribution in [0.25, 0.3) is 0 Å². The Morgan fingerprint density at radius 1 is 0.895 bits per heavy atom. The summed E-state index contributed by atoms with van der Waals surface area (Å²) in [7, 11) is 0. The van der Waals surface area contributed by atoms with E-state index in [9.17, 15) is 14.4 Å². The maximum absolute atomic E-state index is 12.1. The predicted molar refractivity (Wildman–Crippen MR) is 69.2 cm³/mol. The average molecular weight is 267 g/mol. The first kappa shape index (κ1) is 13.8. The molecule has 0 radical (unpaired) electrons. The van der Waals surface area contributed by atoms with E-state index in [-0.39, 0.29) is 5.91 Å². The number of piperazine rings is 1. The molecule has 0 aromatic rings. The van der Waals surface area contributed by atoms with E-state index in [4.69, 9.17) is 0 Å². The van der Waals surface area contributed by atoms with E-state index in [1.807, 2.05) is 0 Å². The molecule has 3 amide bonds. The molecule has 2 aliphatic heterocycles. The zero-order valence-electron chi connectivity index (χ0n) is 11.4. The van der Waals surface area contributed by atoms with Crippen molar-refractivity contribution in [3.63, 3.8) is 0 Å². The van der Waals surface area contributed by atoms with Gasteiger partial charge >= 0.3 is 11.8 Å². The third-order valence-corrected chi connectivity index (χ3v) is 4.00. The van der Waals surface area contributed by atoms with Gasteiger partial charge in [-0.1, -0.05) is 6.92 Å². The van der Waals surface area contributed by atoms with E-state index in [2.05, 4.69) is 6.92 Å². The van der Waals surface area contributed by atoms with Gasteiger partial charge in [0.1, 0.15) is 0 Å². The van der Waals surface area contributed by atoms with E-state index >= 15 is 0 Å². The summed E-state index contributed by atoms with van der Waals surface area (Å²) in [6.45, 7) is 5.46. The van der Waals surface area contributed by atoms with Crippen molar-refractivity contribution < 1.29 is 14.4 Å². The van der Waals surface area contributed by atoms with Crippen LogP contribution in [0.5, 0.6) is 0 Å². The number of amides is 3. The number of rotatable bonds is 1. The molecule has 6 nitrogen and oxygen atoms in total. The minimum Gasteiger partial charge on any atom is -0.342 e. The van der Waals surface area contributed by atoms with Gasteiger partial charge in [-0.2, -0.15) is 0 Å². The van der Waals surface area contributed by atoms with Crippen molar-refractivity contribution in [2.75, 3.05) is 39.3 Å². The van der Waals surface area contributed by atoms with Crippen molar-refractivity contribution in [3.05, 3.63) is 0 Å². The first-order valence-electron chi connectivity index (χ1n) is 6.89. The molecule has 0 aromatic heterocycles. The van der Waals surface area contributed by atoms with Crippen LogP contribution in [0.4, 0.5) is 0 Å². The third-order valence-electron chi connectivity index (χ3n) is 4.00. The standard InChI is InChI=1S/C13H21N3O3/c1-11-2-4-15(5-3-11)12(18)13(19)16-8-6-14(10-17)7-9-16/h10-11H,2-9H2,1H3. The lowest BCUT2D eigenvalue weighted by Crippen LogP contribution is -2.53. The van der Waals surface area contributed by atoms with E-state index in [0.717, 1.165) is 19.3 Å². The second kappa shape index (κ2) is 6.04. The fourth-order valence-corrected chi connectivity index (χ4v) is 2.51. The summed E-state index contributed by atoms with van der Waals surface area (Å²) in [4.78, 5) is 39.6. The van der Waals surface area contributed by atoms with Crippen molar-refractivity contribution in [1.82, 2.24) is 14.7 Å². The van der Waals surface area contributed by atoms with Crippen molar-refractivity contribution in [1.29, 1.82) is 0 Å². The molecule has 0 bridgehead atoms. The SMILES string of the molecule is CC1CCN(C(=O)C(=O)N2CCN(C=O)CC2)CC1. The summed E-state index contributed by atoms with van der Waals surface area (Å²) in [5, 5.41) is 0. The minimum absolute atomic E-state index is 0.383. The van der Waals surface area contributed by atoms with Crippen LogP contribution in [-0.4, -0.2) is 72.2 Å². The summed E-state index contributed by atoms with van der Waals surface area (Å²) in [5.74, 6) is -0.165. The molecular formula is C13H21N3O3. The number of nitrogens with zero attached hydrogens (tertiary/aromatic N) is 3. The van der Waals surface area contributed by atoms with Crippen molar-refractivity contribution in [2.24, 2.45) is 5.92 Å². The van der Waals surface area contributed by atoms with Crippen LogP contribution in [0.3, 0.4) is 0 Å². The largest absolute Gasteiger partial charge is 0.342 e. The molecule has 0 aromatic carbocycles. The average Bonchev–Trinajstić information content (AvgIpc) is 2.46. The maximum Gasteiger partial charge on any atom is 0.312 e. The lowest BCUT2D eigenvalue weighted by atomic mass is 9.99. The molecule has 0 saturated carbocycles. The van der Waals surface area contributed by atoms with Gasteiger partial charge in [0.25, 0.3) is 0 Å². The third kappa shape index (κ3) is 3.24. The van der Waals surface area contributed by atoms with E-state index < -0.39 is 5.91 Å². The number of hydrogen-bond donors (Lipinski definition) is 0. The van der Waals surface area contributed by atoms with Crippen LogP contribution in [0, 0.1) is 5.92 Å². The maximum atomic E-state index is 12.1. The van der Waals surface area contributed by atoms with E-state index in [1.54, 1.807) is 14.7 Å². The Morgan fingerprint density at radius 2 is 1.37 bits per heavy atom. The summed E-state index contributed by atoms with van der Waals surface area (Å²) in [6.07, 6.45) is 2.73. The number of likely N-dealkylation sites (tertiary alicyclic amines) is 1. The quantitative estimate of drug-likeness (QED) is 0.477. The number of hydrogen-bond acceptors (Lipinski definition) is 3. The van der Waals surface area contributed by atoms with E-state index in [1.165, 1.54) is 0 Å². The zero-order chi connectivity index (χ0) is 13.8. The molecule has 2 rings (SSSR count). The fraction of sp³-hybridized carbons (Fsp3) is 0.769. The van der Waals surface area contributed by atoms with Gasteiger partial charge in [-0.3, -0.25) is 14.4 Å². The van der Waals surface area contributed by atoms with Crippen molar-refractivity contribution in [3.8, 4) is 0 Å². The van der Waals surface area contributed by atoms with Crippen LogP contribution >= 0.6 is 0 Å². The molecule has 0 unspecified atom stereocenters. The molecule has 106 valence electrons. The molecular weight excluding hydrogens is 246 g/mol. The number of carbonyl (C=O) groups is 3. The molecule has 0 spiro atoms. The van der Waals surface area contributed by atoms with Gasteiger partial charge in [-0.05, 0) is 18.8 Å². The predicted octanol–water partition coefficient (Wildman–Crippen LogP) is -0.454. The first-order chi connectivity index (χ1) is 9.11. The van der Waals surface area contributed by atoms with Crippen LogP contribution in [0.1, 0.15) is 19.8 Å². The summed E-state index contributed by atoms with van der Waals surface area (Å²) in [6, 6.07) is 0. The Bertz CT molecular complexity index is 356. The normalized spacial score (nSPS) is 21.4. The van der Waals surface area contributed by atoms with Crippen LogP contribution in [0.2, 0.25) is 0 Å². The molecule has 6 heteroatoms. The van der Waals surface area contributed by atoms with Gasteiger partial charge in [0, 0.05) is 39.3 Å². The molecule has 0 atom stereocenters. The lowest BCUT2D eigenvalue weighted by molar-refractivity contribution is -0.153. The highest BCUT2D eigenvalue weighted by atomic mass is 16.2. The zero-order valence-corrected chi connectivity index (χ0v) is 11.4. The molecule has 2 heterocycles. The summed E-state index contributed by atoms with van der Waals surface area (Å²) < 4.78 is 0. The Labute approximate surface area is 113 Å². The molecule has 0 aliphatic carbocycles. The molecule has 2 saturated heterocycles. The highest BCUT2D eigenvalue weighted by molar-refractivity contribution is 6.34. The highest BCUT2D eigenvalue weighted by Crippen LogP contribution is 2.16. The van der Waals surface area contributed by atoms with Gasteiger partial charge < -0.3 is 14.7 Å². The Kier molecular flexibility index (Phi) is 4.39. The summed E-state index contributed by atoms with van der Waals surface area (Å²) in [5.41, 5.74) is 0. The Hall–Kier alpha value is -1.59. The molecule has 2 fully saturated rings. The van der Waals surface area contributed by atoms with E-state index in [0.29, 0.717) is 45.2 Å². The topological polar surface area (TPSA) is 60.9 Å². The number of piperidine rings is 1. The monoisotopic (exact) mass is 267 g/mol. The van der Waals surface area contributed by atoms with Gasteiger partial charge in [-0.25, -0.2) is 0 Å². The molecule has 19 heavy (non-hydrogen) atoms. The van der Waals surface area contributed by atoms with Crippen molar-refractivity contribution >= 4 is 18.2 Å². The fourth-order valence-electron chi connectivity index (χ4n) is 2.51. The lowest BCUT2D eigenvalue weighted by Gasteiger charge is -2.35. The first-order valence-corrected chi connectivity index (χ1v) is 6.89. The molecule has 0 N–H and O–H groups in total. The minimum atomic E-state index is -0.417. The highest BCUT2D eigenvalue weighted by Gasteiger charge is 2.30. The second-order valence-corrected chi connectivity index (χ2v) is 5.41. The van der Waals surface area contributed by atoms with Gasteiger partial charge in [-0.15, -0.1) is 0 Å². The van der Waals surface area contributed by atoms with Gasteiger partial charge in [0.05, 0.1) is 0 Å². The Morgan fingerprint density at radius 3 is 1.84 bits per heavy atom. The smallest absolute Gasteiger partial charge is 0.312 e.